The zero-order valence-corrected chi connectivity index (χ0v) is 17.4. The topological polar surface area (TPSA) is 109 Å². The molecular formula is C20H17N3O5S2. The third-order valence-corrected chi connectivity index (χ3v) is 5.35. The number of rotatable bonds is 7. The van der Waals surface area contributed by atoms with Crippen molar-refractivity contribution >= 4 is 52.2 Å². The molecule has 3 rings (SSSR count). The number of aliphatic carboxylic acids is 1. The number of pyridine rings is 1. The van der Waals surface area contributed by atoms with Gasteiger partial charge in [-0.2, -0.15) is 5.01 Å². The fourth-order valence-electron chi connectivity index (χ4n) is 2.50. The Labute approximate surface area is 181 Å². The summed E-state index contributed by atoms with van der Waals surface area (Å²) in [4.78, 5) is 40.2. The van der Waals surface area contributed by atoms with E-state index in [4.69, 9.17) is 22.1 Å². The summed E-state index contributed by atoms with van der Waals surface area (Å²) in [6, 6.07) is 9.71. The molecule has 0 aliphatic carbocycles. The number of hydrogen-bond acceptors (Lipinski definition) is 7. The first-order chi connectivity index (χ1) is 14.4. The van der Waals surface area contributed by atoms with Gasteiger partial charge in [-0.25, -0.2) is 4.79 Å². The number of nitrogens with one attached hydrogen (secondary N) is 1. The summed E-state index contributed by atoms with van der Waals surface area (Å²) in [5, 5.41) is 10.1. The van der Waals surface area contributed by atoms with E-state index in [-0.39, 0.29) is 4.32 Å². The van der Waals surface area contributed by atoms with Crippen molar-refractivity contribution in [2.75, 3.05) is 0 Å². The van der Waals surface area contributed by atoms with Crippen LogP contribution in [0.1, 0.15) is 29.3 Å². The summed E-state index contributed by atoms with van der Waals surface area (Å²) in [6.07, 6.45) is 4.01. The molecule has 1 aromatic heterocycles. The minimum absolute atomic E-state index is 0.209. The number of nitrogens with zero attached hydrogens (tertiary/aromatic N) is 2. The second-order valence-corrected chi connectivity index (χ2v) is 7.79. The van der Waals surface area contributed by atoms with E-state index in [0.29, 0.717) is 28.2 Å². The quantitative estimate of drug-likeness (QED) is 0.497. The Hall–Kier alpha value is -3.24. The van der Waals surface area contributed by atoms with Crippen molar-refractivity contribution < 1.29 is 24.2 Å². The van der Waals surface area contributed by atoms with Crippen molar-refractivity contribution in [3.63, 3.8) is 0 Å². The normalized spacial score (nSPS) is 15.9. The Morgan fingerprint density at radius 1 is 1.27 bits per heavy atom. The van der Waals surface area contributed by atoms with Crippen LogP contribution in [0.15, 0.2) is 53.7 Å². The van der Waals surface area contributed by atoms with Gasteiger partial charge in [0.05, 0.1) is 4.91 Å². The molecule has 2 heterocycles. The summed E-state index contributed by atoms with van der Waals surface area (Å²) >= 11 is 6.28. The standard InChI is InChI=1S/C20H17N3O5S2/c1-2-15(19(26)27)28-14-5-3-12(4-6-14)11-16-18(25)23(20(29)30-16)22-17(24)13-7-9-21-10-8-13/h3-11,15H,2H2,1H3,(H,22,24)(H,26,27)/b16-11+. The van der Waals surface area contributed by atoms with Gasteiger partial charge in [0.1, 0.15) is 5.75 Å². The van der Waals surface area contributed by atoms with Crippen LogP contribution in [0.3, 0.4) is 0 Å². The molecule has 2 aromatic rings. The van der Waals surface area contributed by atoms with Gasteiger partial charge < -0.3 is 9.84 Å². The van der Waals surface area contributed by atoms with E-state index >= 15 is 0 Å². The maximum Gasteiger partial charge on any atom is 0.344 e. The van der Waals surface area contributed by atoms with Gasteiger partial charge in [0.2, 0.25) is 0 Å². The van der Waals surface area contributed by atoms with Crippen molar-refractivity contribution in [2.24, 2.45) is 0 Å². The van der Waals surface area contributed by atoms with Crippen LogP contribution in [0.25, 0.3) is 6.08 Å². The van der Waals surface area contributed by atoms with Gasteiger partial charge in [-0.1, -0.05) is 30.8 Å². The lowest BCUT2D eigenvalue weighted by molar-refractivity contribution is -0.145. The van der Waals surface area contributed by atoms with Crippen LogP contribution in [-0.4, -0.2) is 43.3 Å². The molecule has 1 saturated heterocycles. The van der Waals surface area contributed by atoms with E-state index in [1.165, 1.54) is 24.5 Å². The number of carbonyl (C=O) groups is 3. The molecule has 2 N–H and O–H groups in total. The predicted molar refractivity (Wildman–Crippen MR) is 116 cm³/mol. The van der Waals surface area contributed by atoms with Gasteiger partial charge in [0.15, 0.2) is 10.4 Å². The summed E-state index contributed by atoms with van der Waals surface area (Å²) in [6.45, 7) is 1.72. The lowest BCUT2D eigenvalue weighted by Gasteiger charge is -2.15. The maximum absolute atomic E-state index is 12.6. The van der Waals surface area contributed by atoms with Gasteiger partial charge in [-0.3, -0.25) is 20.0 Å². The molecule has 1 aromatic carbocycles. The number of thiocarbonyl (C=S) groups is 1. The number of hydrazine groups is 1. The van der Waals surface area contributed by atoms with Gasteiger partial charge in [0, 0.05) is 18.0 Å². The number of benzene rings is 1. The molecule has 8 nitrogen and oxygen atoms in total. The van der Waals surface area contributed by atoms with Crippen molar-refractivity contribution in [3.8, 4) is 5.75 Å². The van der Waals surface area contributed by atoms with Crippen LogP contribution in [0.5, 0.6) is 5.75 Å². The molecule has 1 atom stereocenters. The summed E-state index contributed by atoms with van der Waals surface area (Å²) in [7, 11) is 0. The molecule has 10 heteroatoms. The Kier molecular flexibility index (Phi) is 6.80. The Morgan fingerprint density at radius 2 is 1.93 bits per heavy atom. The van der Waals surface area contributed by atoms with Crippen molar-refractivity contribution in [3.05, 3.63) is 64.8 Å². The van der Waals surface area contributed by atoms with E-state index in [9.17, 15) is 14.4 Å². The van der Waals surface area contributed by atoms with Gasteiger partial charge >= 0.3 is 5.97 Å². The fraction of sp³-hybridized carbons (Fsp3) is 0.150. The zero-order chi connectivity index (χ0) is 21.7. The average molecular weight is 444 g/mol. The van der Waals surface area contributed by atoms with Crippen LogP contribution >= 0.6 is 24.0 Å². The molecule has 1 aliphatic heterocycles. The van der Waals surface area contributed by atoms with Gasteiger partial charge in [0.25, 0.3) is 11.8 Å². The highest BCUT2D eigenvalue weighted by molar-refractivity contribution is 8.26. The molecule has 154 valence electrons. The number of carboxylic acids is 1. The first-order valence-corrected chi connectivity index (χ1v) is 10.1. The Balaban J connectivity index is 1.69. The largest absolute Gasteiger partial charge is 0.479 e. The SMILES string of the molecule is CCC(Oc1ccc(/C=C2/SC(=S)N(NC(=O)c3ccncc3)C2=O)cc1)C(=O)O. The predicted octanol–water partition coefficient (Wildman–Crippen LogP) is 2.87. The Morgan fingerprint density at radius 3 is 2.53 bits per heavy atom. The van der Waals surface area contributed by atoms with E-state index in [1.54, 1.807) is 37.3 Å². The van der Waals surface area contributed by atoms with Crippen LogP contribution in [-0.2, 0) is 9.59 Å². The van der Waals surface area contributed by atoms with E-state index in [1.807, 2.05) is 0 Å². The highest BCUT2D eigenvalue weighted by Crippen LogP contribution is 2.31. The second kappa shape index (κ2) is 9.51. The highest BCUT2D eigenvalue weighted by Gasteiger charge is 2.33. The van der Waals surface area contributed by atoms with Gasteiger partial charge in [-0.15, -0.1) is 0 Å². The smallest absolute Gasteiger partial charge is 0.344 e. The molecule has 0 saturated carbocycles. The van der Waals surface area contributed by atoms with Crippen molar-refractivity contribution in [1.82, 2.24) is 15.4 Å². The molecule has 0 radical (unpaired) electrons. The third kappa shape index (κ3) is 5.02. The maximum atomic E-state index is 12.6. The minimum Gasteiger partial charge on any atom is -0.479 e. The lowest BCUT2D eigenvalue weighted by Crippen LogP contribution is -2.44. The number of carbonyl (C=O) groups excluding carboxylic acids is 2. The number of hydrogen-bond donors (Lipinski definition) is 2. The molecule has 0 bridgehead atoms. The van der Waals surface area contributed by atoms with Crippen molar-refractivity contribution in [2.45, 2.75) is 19.4 Å². The van der Waals surface area contributed by atoms with E-state index in [0.717, 1.165) is 16.8 Å². The van der Waals surface area contributed by atoms with Crippen LogP contribution in [0, 0.1) is 0 Å². The van der Waals surface area contributed by atoms with E-state index < -0.39 is 23.9 Å². The third-order valence-electron chi connectivity index (χ3n) is 4.05. The van der Waals surface area contributed by atoms with Crippen molar-refractivity contribution in [1.29, 1.82) is 0 Å². The number of carboxylic acid groups (broad SMARTS) is 1. The summed E-state index contributed by atoms with van der Waals surface area (Å²) in [5.74, 6) is -1.53. The number of thioether (sulfide) groups is 1. The summed E-state index contributed by atoms with van der Waals surface area (Å²) < 4.78 is 5.63. The van der Waals surface area contributed by atoms with Crippen LogP contribution in [0.2, 0.25) is 0 Å². The molecule has 1 fully saturated rings. The van der Waals surface area contributed by atoms with Gasteiger partial charge in [-0.05, 0) is 54.5 Å². The first-order valence-electron chi connectivity index (χ1n) is 8.87. The minimum atomic E-state index is -1.03. The summed E-state index contributed by atoms with van der Waals surface area (Å²) in [5.41, 5.74) is 3.55. The first kappa shape index (κ1) is 21.5. The molecule has 1 unspecified atom stereocenters. The molecule has 30 heavy (non-hydrogen) atoms. The molecule has 2 amide bonds. The number of ether oxygens (including phenoxy) is 1. The number of aromatic nitrogens is 1. The molecule has 1 aliphatic rings. The monoisotopic (exact) mass is 443 g/mol. The molecule has 0 spiro atoms. The fourth-order valence-corrected chi connectivity index (χ4v) is 3.68. The van der Waals surface area contributed by atoms with Crippen LogP contribution in [0.4, 0.5) is 0 Å². The Bertz CT molecular complexity index is 1010. The second-order valence-electron chi connectivity index (χ2n) is 6.12. The average Bonchev–Trinajstić information content (AvgIpc) is 3.00. The molecular weight excluding hydrogens is 426 g/mol. The van der Waals surface area contributed by atoms with Crippen LogP contribution < -0.4 is 10.2 Å². The zero-order valence-electron chi connectivity index (χ0n) is 15.8. The highest BCUT2D eigenvalue weighted by atomic mass is 32.2. The number of amides is 2. The lowest BCUT2D eigenvalue weighted by atomic mass is 10.2. The van der Waals surface area contributed by atoms with E-state index in [2.05, 4.69) is 10.4 Å².